The van der Waals surface area contributed by atoms with E-state index in [4.69, 9.17) is 14.2 Å². The second-order valence-electron chi connectivity index (χ2n) is 11.9. The van der Waals surface area contributed by atoms with Crippen LogP contribution in [0.5, 0.6) is 5.75 Å². The molecule has 5 aromatic rings. The largest absolute Gasteiger partial charge is 0.491 e. The van der Waals surface area contributed by atoms with Crippen LogP contribution in [-0.2, 0) is 21.8 Å². The van der Waals surface area contributed by atoms with E-state index < -0.39 is 29.6 Å². The molecule has 2 aromatic carbocycles. The van der Waals surface area contributed by atoms with Crippen LogP contribution in [0.3, 0.4) is 0 Å². The maximum atomic E-state index is 14.9. The Bertz CT molecular complexity index is 1910. The molecule has 5 heterocycles. The van der Waals surface area contributed by atoms with Gasteiger partial charge in [0, 0.05) is 43.5 Å². The van der Waals surface area contributed by atoms with E-state index in [0.717, 1.165) is 49.8 Å². The maximum Gasteiger partial charge on any atom is 0.350 e. The van der Waals surface area contributed by atoms with E-state index in [1.54, 1.807) is 13.1 Å². The van der Waals surface area contributed by atoms with Gasteiger partial charge in [0.05, 0.1) is 31.1 Å². The highest BCUT2D eigenvalue weighted by Gasteiger charge is 2.46. The first-order valence-electron chi connectivity index (χ1n) is 15.9. The highest BCUT2D eigenvalue weighted by Crippen LogP contribution is 2.38. The lowest BCUT2D eigenvalue weighted by atomic mass is 10.0. The van der Waals surface area contributed by atoms with Gasteiger partial charge in [0.1, 0.15) is 61.4 Å². The summed E-state index contributed by atoms with van der Waals surface area (Å²) in [5.41, 5.74) is 1.40. The van der Waals surface area contributed by atoms with Crippen molar-refractivity contribution >= 4 is 11.5 Å². The number of benzene rings is 2. The van der Waals surface area contributed by atoms with Gasteiger partial charge < -0.3 is 29.1 Å². The Kier molecular flexibility index (Phi) is 9.07. The molecule has 2 saturated heterocycles. The van der Waals surface area contributed by atoms with Crippen LogP contribution >= 0.6 is 0 Å². The zero-order valence-electron chi connectivity index (χ0n) is 26.7. The Morgan fingerprint density at radius 1 is 1.00 bits per heavy atom. The van der Waals surface area contributed by atoms with Gasteiger partial charge in [-0.05, 0) is 55.5 Å². The number of anilines is 2. The number of nitrogens with zero attached hydrogens (tertiary/aromatic N) is 9. The van der Waals surface area contributed by atoms with Crippen LogP contribution in [0.25, 0.3) is 5.69 Å². The molecule has 2 aliphatic heterocycles. The Hall–Kier alpha value is -5.19. The molecule has 14 nitrogen and oxygen atoms in total. The number of ether oxygens (including phenoxy) is 3. The SMILES string of the molecule is CC(CO)n1ncn(-c2ccc(N3CCN(c4ccc(OC[C@H]5CO[C@](Cn6cncn6)(c6ccc(F)cc6F)O5)cc4)CC3)nc2)c1=O. The van der Waals surface area contributed by atoms with Crippen LogP contribution in [-0.4, -0.2) is 91.3 Å². The molecule has 0 aliphatic carbocycles. The maximum absolute atomic E-state index is 14.9. The predicted molar refractivity (Wildman–Crippen MR) is 173 cm³/mol. The van der Waals surface area contributed by atoms with Crippen molar-refractivity contribution in [2.45, 2.75) is 31.4 Å². The predicted octanol–water partition coefficient (Wildman–Crippen LogP) is 2.53. The lowest BCUT2D eigenvalue weighted by molar-refractivity contribution is -0.192. The third kappa shape index (κ3) is 6.75. The fourth-order valence-corrected chi connectivity index (χ4v) is 6.00. The molecule has 0 radical (unpaired) electrons. The number of halogens is 2. The fourth-order valence-electron chi connectivity index (χ4n) is 6.00. The third-order valence-corrected chi connectivity index (χ3v) is 8.66. The molecular formula is C33H35F2N9O5. The van der Waals surface area contributed by atoms with Gasteiger partial charge >= 0.3 is 5.69 Å². The van der Waals surface area contributed by atoms with Gasteiger partial charge in [-0.2, -0.15) is 10.2 Å². The molecule has 0 spiro atoms. The number of aromatic nitrogens is 7. The Labute approximate surface area is 279 Å². The zero-order valence-corrected chi connectivity index (χ0v) is 26.7. The van der Waals surface area contributed by atoms with Crippen LogP contribution in [0, 0.1) is 11.6 Å². The molecule has 2 fully saturated rings. The smallest absolute Gasteiger partial charge is 0.350 e. The number of aliphatic hydroxyl groups is 1. The number of hydrogen-bond donors (Lipinski definition) is 1. The van der Waals surface area contributed by atoms with E-state index in [-0.39, 0.29) is 37.6 Å². The lowest BCUT2D eigenvalue weighted by Gasteiger charge is -2.36. The minimum Gasteiger partial charge on any atom is -0.491 e. The summed E-state index contributed by atoms with van der Waals surface area (Å²) in [5, 5.41) is 17.6. The molecule has 0 bridgehead atoms. The summed E-state index contributed by atoms with van der Waals surface area (Å²) >= 11 is 0. The van der Waals surface area contributed by atoms with E-state index in [2.05, 4.69) is 30.0 Å². The first kappa shape index (κ1) is 32.4. The van der Waals surface area contributed by atoms with Crippen molar-refractivity contribution < 1.29 is 28.1 Å². The highest BCUT2D eigenvalue weighted by molar-refractivity contribution is 5.52. The minimum atomic E-state index is -1.52. The summed E-state index contributed by atoms with van der Waals surface area (Å²) in [6, 6.07) is 14.4. The molecule has 49 heavy (non-hydrogen) atoms. The monoisotopic (exact) mass is 675 g/mol. The average Bonchev–Trinajstić information content (AvgIpc) is 3.88. The number of hydrogen-bond acceptors (Lipinski definition) is 11. The number of rotatable bonds is 11. The fraction of sp³-hybridized carbons (Fsp3) is 0.364. The van der Waals surface area contributed by atoms with E-state index in [9.17, 15) is 18.7 Å². The van der Waals surface area contributed by atoms with E-state index >= 15 is 0 Å². The summed E-state index contributed by atoms with van der Waals surface area (Å²) in [7, 11) is 0. The average molecular weight is 676 g/mol. The normalized spacial score (nSPS) is 20.1. The highest BCUT2D eigenvalue weighted by atomic mass is 19.1. The van der Waals surface area contributed by atoms with Gasteiger partial charge in [-0.3, -0.25) is 0 Å². The van der Waals surface area contributed by atoms with Crippen molar-refractivity contribution in [3.63, 3.8) is 0 Å². The van der Waals surface area contributed by atoms with Crippen molar-refractivity contribution in [2.24, 2.45) is 0 Å². The second-order valence-corrected chi connectivity index (χ2v) is 11.9. The molecule has 3 aromatic heterocycles. The van der Waals surface area contributed by atoms with Gasteiger partial charge in [-0.25, -0.2) is 37.5 Å². The first-order valence-corrected chi connectivity index (χ1v) is 15.9. The van der Waals surface area contributed by atoms with E-state index in [0.29, 0.717) is 11.4 Å². The summed E-state index contributed by atoms with van der Waals surface area (Å²) in [5.74, 6) is -1.53. The summed E-state index contributed by atoms with van der Waals surface area (Å²) < 4.78 is 50.9. The minimum absolute atomic E-state index is 0.0225. The second kappa shape index (κ2) is 13.7. The topological polar surface area (TPSA) is 138 Å². The van der Waals surface area contributed by atoms with Crippen molar-refractivity contribution in [3.05, 3.63) is 107 Å². The molecule has 0 saturated carbocycles. The van der Waals surface area contributed by atoms with E-state index in [1.807, 2.05) is 36.4 Å². The molecule has 1 unspecified atom stereocenters. The van der Waals surface area contributed by atoms with Crippen LogP contribution < -0.4 is 20.2 Å². The first-order chi connectivity index (χ1) is 23.8. The molecule has 7 rings (SSSR count). The van der Waals surface area contributed by atoms with Crippen LogP contribution in [0.2, 0.25) is 0 Å². The molecule has 256 valence electrons. The van der Waals surface area contributed by atoms with Gasteiger partial charge in [0.2, 0.25) is 5.79 Å². The Morgan fingerprint density at radius 3 is 2.47 bits per heavy atom. The number of piperazine rings is 1. The molecule has 0 amide bonds. The van der Waals surface area contributed by atoms with Crippen molar-refractivity contribution in [1.82, 2.24) is 34.1 Å². The summed E-state index contributed by atoms with van der Waals surface area (Å²) in [4.78, 5) is 25.7. The van der Waals surface area contributed by atoms with E-state index in [1.165, 1.54) is 39.0 Å². The Morgan fingerprint density at radius 2 is 1.78 bits per heavy atom. The van der Waals surface area contributed by atoms with Gasteiger partial charge in [-0.1, -0.05) is 0 Å². The third-order valence-electron chi connectivity index (χ3n) is 8.66. The quantitative estimate of drug-likeness (QED) is 0.221. The Balaban J connectivity index is 0.925. The van der Waals surface area contributed by atoms with Gasteiger partial charge in [0.15, 0.2) is 0 Å². The molecule has 2 aliphatic rings. The van der Waals surface area contributed by atoms with Crippen LogP contribution in [0.4, 0.5) is 20.3 Å². The summed E-state index contributed by atoms with van der Waals surface area (Å²) in [6.07, 6.45) is 5.40. The molecular weight excluding hydrogens is 640 g/mol. The standard InChI is InChI=1S/C33H35F2N9O5/c1-23(16-45)44-32(46)43(22-39-44)26-5-9-31(37-15-26)41-12-10-40(11-13-41)25-3-6-27(7-4-25)47-17-28-18-48-33(49-28,19-42-21-36-20-38-42)29-8-2-24(34)14-30(29)35/h2-9,14-15,20-23,28,45H,10-13,16-19H2,1H3/t23?,28-,33-/m0/s1. The van der Waals surface area contributed by atoms with Crippen molar-refractivity contribution in [3.8, 4) is 11.4 Å². The molecule has 3 atom stereocenters. The summed E-state index contributed by atoms with van der Waals surface area (Å²) in [6.45, 7) is 4.97. The number of pyridine rings is 1. The van der Waals surface area contributed by atoms with Gasteiger partial charge in [0.25, 0.3) is 0 Å². The van der Waals surface area contributed by atoms with Crippen LogP contribution in [0.15, 0.2) is 84.6 Å². The lowest BCUT2D eigenvalue weighted by Crippen LogP contribution is -2.46. The molecule has 16 heteroatoms. The van der Waals surface area contributed by atoms with Gasteiger partial charge in [-0.15, -0.1) is 0 Å². The van der Waals surface area contributed by atoms with Crippen molar-refractivity contribution in [1.29, 1.82) is 0 Å². The van der Waals surface area contributed by atoms with Crippen molar-refractivity contribution in [2.75, 3.05) is 55.8 Å². The zero-order chi connectivity index (χ0) is 34.0. The number of aliphatic hydroxyl groups excluding tert-OH is 1. The van der Waals surface area contributed by atoms with Crippen LogP contribution in [0.1, 0.15) is 18.5 Å². The molecule has 1 N–H and O–H groups in total.